The molecule has 0 aromatic carbocycles. The summed E-state index contributed by atoms with van der Waals surface area (Å²) >= 11 is 0. The average Bonchev–Trinajstić information content (AvgIpc) is 2.14. The first-order valence-corrected chi connectivity index (χ1v) is 9.54. The molecule has 1 heterocycles. The average molecular weight is 265 g/mol. The lowest BCUT2D eigenvalue weighted by Gasteiger charge is -2.42. The van der Waals surface area contributed by atoms with Crippen molar-refractivity contribution >= 4 is 8.32 Å². The molecule has 0 unspecified atom stereocenters. The topological polar surface area (TPSA) is 22.1 Å². The van der Waals surface area contributed by atoms with Gasteiger partial charge < -0.3 is 4.43 Å². The van der Waals surface area contributed by atoms with Crippen LogP contribution >= 0.6 is 0 Å². The smallest absolute Gasteiger partial charge is 0.192 e. The highest BCUT2D eigenvalue weighted by Crippen LogP contribution is 2.39. The van der Waals surface area contributed by atoms with Crippen LogP contribution in [-0.2, 0) is 10.8 Å². The molecule has 0 N–H and O–H groups in total. The molecule has 0 amide bonds. The van der Waals surface area contributed by atoms with Crippen LogP contribution in [0.2, 0.25) is 18.1 Å². The van der Waals surface area contributed by atoms with Crippen LogP contribution < -0.4 is 0 Å². The van der Waals surface area contributed by atoms with Gasteiger partial charge in [-0.25, -0.2) is 0 Å². The predicted octanol–water partition coefficient (Wildman–Crippen LogP) is 4.42. The van der Waals surface area contributed by atoms with Crippen molar-refractivity contribution in [3.8, 4) is 0 Å². The third kappa shape index (κ3) is 4.21. The van der Waals surface area contributed by atoms with E-state index in [1.165, 1.54) is 0 Å². The summed E-state index contributed by atoms with van der Waals surface area (Å²) in [6.07, 6.45) is 2.71. The van der Waals surface area contributed by atoms with Gasteiger partial charge in [-0.3, -0.25) is 4.98 Å². The summed E-state index contributed by atoms with van der Waals surface area (Å²) in [5, 5.41) is 0.244. The van der Waals surface area contributed by atoms with Crippen LogP contribution in [-0.4, -0.2) is 18.9 Å². The molecule has 1 aromatic rings. The molecule has 0 aliphatic carbocycles. The first-order valence-electron chi connectivity index (χ1n) is 6.64. The second-order valence-corrected chi connectivity index (χ2v) is 11.8. The summed E-state index contributed by atoms with van der Waals surface area (Å²) < 4.78 is 6.49. The molecule has 2 nitrogen and oxygen atoms in total. The van der Waals surface area contributed by atoms with Gasteiger partial charge in [0.2, 0.25) is 0 Å². The highest BCUT2D eigenvalue weighted by molar-refractivity contribution is 6.74. The van der Waals surface area contributed by atoms with E-state index in [0.717, 1.165) is 12.1 Å². The van der Waals surface area contributed by atoms with Gasteiger partial charge in [0.05, 0.1) is 5.60 Å². The molecule has 0 aliphatic heterocycles. The summed E-state index contributed by atoms with van der Waals surface area (Å²) in [6.45, 7) is 15.8. The Labute approximate surface area is 113 Å². The summed E-state index contributed by atoms with van der Waals surface area (Å²) in [4.78, 5) is 4.39. The van der Waals surface area contributed by atoms with Crippen molar-refractivity contribution in [1.82, 2.24) is 4.98 Å². The third-order valence-electron chi connectivity index (χ3n) is 3.67. The lowest BCUT2D eigenvalue weighted by molar-refractivity contribution is 0.0910. The Hall–Kier alpha value is -0.673. The van der Waals surface area contributed by atoms with Gasteiger partial charge in [-0.15, -0.1) is 0 Å². The Bertz CT molecular complexity index is 379. The van der Waals surface area contributed by atoms with Crippen LogP contribution in [0.5, 0.6) is 0 Å². The second kappa shape index (κ2) is 5.14. The van der Waals surface area contributed by atoms with E-state index < -0.39 is 8.32 Å². The van der Waals surface area contributed by atoms with E-state index in [0.29, 0.717) is 0 Å². The van der Waals surface area contributed by atoms with E-state index >= 15 is 0 Å². The second-order valence-electron chi connectivity index (χ2n) is 7.12. The van der Waals surface area contributed by atoms with E-state index in [1.807, 2.05) is 18.3 Å². The number of hydrogen-bond acceptors (Lipinski definition) is 2. The Morgan fingerprint density at radius 1 is 1.11 bits per heavy atom. The number of rotatable bonds is 4. The van der Waals surface area contributed by atoms with E-state index in [1.54, 1.807) is 0 Å². The molecule has 0 spiro atoms. The molecule has 0 saturated heterocycles. The highest BCUT2D eigenvalue weighted by Gasteiger charge is 2.41. The van der Waals surface area contributed by atoms with Crippen LogP contribution in [0.4, 0.5) is 0 Å². The molecule has 1 rings (SSSR count). The zero-order valence-corrected chi connectivity index (χ0v) is 13.9. The molecular formula is C15H27NOSi. The van der Waals surface area contributed by atoms with Crippen molar-refractivity contribution < 1.29 is 4.43 Å². The number of hydrogen-bond donors (Lipinski definition) is 0. The minimum atomic E-state index is -1.72. The van der Waals surface area contributed by atoms with Crippen molar-refractivity contribution in [1.29, 1.82) is 0 Å². The number of pyridine rings is 1. The van der Waals surface area contributed by atoms with Crippen molar-refractivity contribution in [2.75, 3.05) is 0 Å². The Morgan fingerprint density at radius 2 is 1.72 bits per heavy atom. The minimum Gasteiger partial charge on any atom is -0.412 e. The normalized spacial score (nSPS) is 13.7. The SMILES string of the molecule is CC(C)(Cc1ccccn1)O[Si](C)(C)C(C)(C)C. The van der Waals surface area contributed by atoms with Gasteiger partial charge in [0.25, 0.3) is 0 Å². The Balaban J connectivity index is 2.77. The van der Waals surface area contributed by atoms with Gasteiger partial charge in [0.1, 0.15) is 0 Å². The fourth-order valence-electron chi connectivity index (χ4n) is 1.82. The molecule has 0 aliphatic rings. The Morgan fingerprint density at radius 3 is 2.17 bits per heavy atom. The largest absolute Gasteiger partial charge is 0.412 e. The molecule has 102 valence electrons. The molecule has 0 atom stereocenters. The summed E-state index contributed by atoms with van der Waals surface area (Å²) in [5.74, 6) is 0. The third-order valence-corrected chi connectivity index (χ3v) is 8.35. The van der Waals surface area contributed by atoms with Crippen molar-refractivity contribution in [2.45, 2.75) is 64.8 Å². The van der Waals surface area contributed by atoms with Crippen molar-refractivity contribution in [2.24, 2.45) is 0 Å². The summed E-state index contributed by atoms with van der Waals surface area (Å²) in [5.41, 5.74) is 0.943. The standard InChI is InChI=1S/C15H27NOSi/c1-14(2,3)18(6,7)17-15(4,5)12-13-10-8-9-11-16-13/h8-11H,12H2,1-7H3. The molecule has 3 heteroatoms. The first-order chi connectivity index (χ1) is 8.04. The van der Waals surface area contributed by atoms with Crippen molar-refractivity contribution in [3.63, 3.8) is 0 Å². The Kier molecular flexibility index (Phi) is 4.39. The maximum Gasteiger partial charge on any atom is 0.192 e. The molecule has 0 radical (unpaired) electrons. The minimum absolute atomic E-state index is 0.155. The summed E-state index contributed by atoms with van der Waals surface area (Å²) in [6, 6.07) is 6.05. The van der Waals surface area contributed by atoms with Crippen LogP contribution in [0.15, 0.2) is 24.4 Å². The van der Waals surface area contributed by atoms with Crippen molar-refractivity contribution in [3.05, 3.63) is 30.1 Å². The van der Waals surface area contributed by atoms with Gasteiger partial charge >= 0.3 is 0 Å². The van der Waals surface area contributed by atoms with Gasteiger partial charge in [-0.05, 0) is 44.1 Å². The fraction of sp³-hybridized carbons (Fsp3) is 0.667. The fourth-order valence-corrected chi connectivity index (χ4v) is 3.58. The van der Waals surface area contributed by atoms with Crippen LogP contribution in [0.1, 0.15) is 40.3 Å². The molecule has 1 aromatic heterocycles. The quantitative estimate of drug-likeness (QED) is 0.752. The maximum atomic E-state index is 6.49. The first kappa shape index (κ1) is 15.4. The van der Waals surface area contributed by atoms with Gasteiger partial charge in [-0.1, -0.05) is 26.8 Å². The predicted molar refractivity (Wildman–Crippen MR) is 80.3 cm³/mol. The van der Waals surface area contributed by atoms with Crippen LogP contribution in [0, 0.1) is 0 Å². The van der Waals surface area contributed by atoms with E-state index in [2.05, 4.69) is 58.8 Å². The van der Waals surface area contributed by atoms with Crippen LogP contribution in [0.25, 0.3) is 0 Å². The monoisotopic (exact) mass is 265 g/mol. The molecule has 0 saturated carbocycles. The van der Waals surface area contributed by atoms with Gasteiger partial charge in [-0.2, -0.15) is 0 Å². The molecular weight excluding hydrogens is 238 g/mol. The summed E-state index contributed by atoms with van der Waals surface area (Å²) in [7, 11) is -1.72. The van der Waals surface area contributed by atoms with E-state index in [-0.39, 0.29) is 10.6 Å². The maximum absolute atomic E-state index is 6.49. The van der Waals surface area contributed by atoms with Gasteiger partial charge in [0.15, 0.2) is 8.32 Å². The van der Waals surface area contributed by atoms with E-state index in [4.69, 9.17) is 4.43 Å². The molecule has 0 bridgehead atoms. The number of nitrogens with zero attached hydrogens (tertiary/aromatic N) is 1. The van der Waals surface area contributed by atoms with E-state index in [9.17, 15) is 0 Å². The molecule has 18 heavy (non-hydrogen) atoms. The highest BCUT2D eigenvalue weighted by atomic mass is 28.4. The van der Waals surface area contributed by atoms with Gasteiger partial charge in [0, 0.05) is 18.3 Å². The number of aromatic nitrogens is 1. The lowest BCUT2D eigenvalue weighted by atomic mass is 10.0. The molecule has 0 fully saturated rings. The lowest BCUT2D eigenvalue weighted by Crippen LogP contribution is -2.48. The van der Waals surface area contributed by atoms with Crippen LogP contribution in [0.3, 0.4) is 0 Å². The zero-order chi connectivity index (χ0) is 14.0. The zero-order valence-electron chi connectivity index (χ0n) is 12.9.